The third kappa shape index (κ3) is 4.96. The van der Waals surface area contributed by atoms with Crippen molar-refractivity contribution in [3.63, 3.8) is 0 Å². The molecule has 0 aromatic heterocycles. The number of non-ortho nitro benzene ring substituents is 1. The van der Waals surface area contributed by atoms with E-state index in [1.165, 1.54) is 25.3 Å². The minimum absolute atomic E-state index is 0.108. The lowest BCUT2D eigenvalue weighted by atomic mass is 10.2. The molecule has 1 unspecified atom stereocenters. The summed E-state index contributed by atoms with van der Waals surface area (Å²) in [6.07, 6.45) is 0. The molecule has 9 heteroatoms. The molecule has 1 atom stereocenters. The third-order valence-corrected chi connectivity index (χ3v) is 5.30. The second kappa shape index (κ2) is 9.11. The van der Waals surface area contributed by atoms with Crippen molar-refractivity contribution in [2.75, 3.05) is 43.5 Å². The minimum Gasteiger partial charge on any atom is -0.495 e. The number of carbonyl (C=O) groups is 1. The zero-order chi connectivity index (χ0) is 21.0. The number of benzene rings is 2. The molecule has 0 aliphatic carbocycles. The summed E-state index contributed by atoms with van der Waals surface area (Å²) in [6, 6.07) is 11.5. The predicted molar refractivity (Wildman–Crippen MR) is 113 cm³/mol. The normalized spacial score (nSPS) is 15.6. The average molecular weight is 419 g/mol. The number of carbonyl (C=O) groups excluding carboxylic acids is 1. The van der Waals surface area contributed by atoms with Crippen LogP contribution < -0.4 is 15.0 Å². The molecule has 0 spiro atoms. The first-order chi connectivity index (χ1) is 13.9. The molecule has 0 radical (unpaired) electrons. The van der Waals surface area contributed by atoms with Crippen LogP contribution in [-0.2, 0) is 4.79 Å². The Hall–Kier alpha value is -2.84. The quantitative estimate of drug-likeness (QED) is 0.571. The second-order valence-corrected chi connectivity index (χ2v) is 7.25. The summed E-state index contributed by atoms with van der Waals surface area (Å²) in [7, 11) is 1.45. The number of methoxy groups -OCH3 is 1. The van der Waals surface area contributed by atoms with Crippen LogP contribution in [0.25, 0.3) is 0 Å². The third-order valence-electron chi connectivity index (χ3n) is 5.07. The first kappa shape index (κ1) is 20.9. The summed E-state index contributed by atoms with van der Waals surface area (Å²) < 4.78 is 5.21. The maximum absolute atomic E-state index is 12.7. The van der Waals surface area contributed by atoms with Crippen LogP contribution in [0.2, 0.25) is 5.02 Å². The molecule has 1 aliphatic heterocycles. The lowest BCUT2D eigenvalue weighted by molar-refractivity contribution is -0.384. The maximum Gasteiger partial charge on any atom is 0.271 e. The van der Waals surface area contributed by atoms with Crippen LogP contribution in [0.5, 0.6) is 5.75 Å². The smallest absolute Gasteiger partial charge is 0.271 e. The number of nitrogens with zero attached hydrogens (tertiary/aromatic N) is 3. The van der Waals surface area contributed by atoms with E-state index in [0.717, 1.165) is 18.8 Å². The largest absolute Gasteiger partial charge is 0.495 e. The van der Waals surface area contributed by atoms with Gasteiger partial charge in [0, 0.05) is 49.0 Å². The van der Waals surface area contributed by atoms with Gasteiger partial charge in [-0.1, -0.05) is 17.7 Å². The monoisotopic (exact) mass is 418 g/mol. The minimum atomic E-state index is -0.506. The van der Waals surface area contributed by atoms with E-state index in [1.807, 2.05) is 31.2 Å². The van der Waals surface area contributed by atoms with Crippen LogP contribution in [0.3, 0.4) is 0 Å². The average Bonchev–Trinajstić information content (AvgIpc) is 2.73. The number of ether oxygens (including phenoxy) is 1. The Labute approximate surface area is 174 Å². The molecule has 0 saturated carbocycles. The molecule has 1 saturated heterocycles. The van der Waals surface area contributed by atoms with Crippen LogP contribution in [0.1, 0.15) is 6.92 Å². The van der Waals surface area contributed by atoms with Crippen LogP contribution in [0.15, 0.2) is 42.5 Å². The Morgan fingerprint density at radius 3 is 2.55 bits per heavy atom. The number of nitrogens with one attached hydrogen (secondary N) is 1. The van der Waals surface area contributed by atoms with Gasteiger partial charge in [-0.25, -0.2) is 0 Å². The Morgan fingerprint density at radius 1 is 1.21 bits per heavy atom. The lowest BCUT2D eigenvalue weighted by Crippen LogP contribution is -2.52. The highest BCUT2D eigenvalue weighted by molar-refractivity contribution is 6.30. The zero-order valence-electron chi connectivity index (χ0n) is 16.3. The summed E-state index contributed by atoms with van der Waals surface area (Å²) in [5.74, 6) is 0.141. The van der Waals surface area contributed by atoms with Crippen LogP contribution in [-0.4, -0.2) is 55.1 Å². The number of hydrogen-bond acceptors (Lipinski definition) is 6. The fourth-order valence-corrected chi connectivity index (χ4v) is 3.53. The van der Waals surface area contributed by atoms with Gasteiger partial charge in [0.15, 0.2) is 0 Å². The van der Waals surface area contributed by atoms with Crippen molar-refractivity contribution in [2.24, 2.45) is 0 Å². The van der Waals surface area contributed by atoms with Gasteiger partial charge in [-0.05, 0) is 31.2 Å². The second-order valence-electron chi connectivity index (χ2n) is 6.81. The van der Waals surface area contributed by atoms with Crippen LogP contribution in [0, 0.1) is 10.1 Å². The Morgan fingerprint density at radius 2 is 1.93 bits per heavy atom. The number of anilines is 2. The van der Waals surface area contributed by atoms with E-state index in [4.69, 9.17) is 16.3 Å². The molecule has 29 heavy (non-hydrogen) atoms. The first-order valence-electron chi connectivity index (χ1n) is 9.27. The van der Waals surface area contributed by atoms with Gasteiger partial charge >= 0.3 is 0 Å². The van der Waals surface area contributed by atoms with E-state index >= 15 is 0 Å². The van der Waals surface area contributed by atoms with Gasteiger partial charge in [-0.3, -0.25) is 19.8 Å². The molecule has 1 N–H and O–H groups in total. The molecule has 1 aliphatic rings. The SMILES string of the molecule is COc1ccc([N+](=O)[O-])cc1NC(=O)C(C)N1CCN(c2cccc(Cl)c2)CC1. The van der Waals surface area contributed by atoms with Crippen molar-refractivity contribution in [2.45, 2.75) is 13.0 Å². The molecular weight excluding hydrogens is 396 g/mol. The van der Waals surface area contributed by atoms with E-state index in [-0.39, 0.29) is 23.3 Å². The molecular formula is C20H23ClN4O4. The Balaban J connectivity index is 1.63. The molecule has 154 valence electrons. The standard InChI is InChI=1S/C20H23ClN4O4/c1-14(20(26)22-18-13-17(25(27)28)6-7-19(18)29-2)23-8-10-24(11-9-23)16-5-3-4-15(21)12-16/h3-7,12-14H,8-11H2,1-2H3,(H,22,26). The van der Waals surface area contributed by atoms with Crippen molar-refractivity contribution < 1.29 is 14.5 Å². The fourth-order valence-electron chi connectivity index (χ4n) is 3.35. The lowest BCUT2D eigenvalue weighted by Gasteiger charge is -2.38. The van der Waals surface area contributed by atoms with E-state index in [9.17, 15) is 14.9 Å². The van der Waals surface area contributed by atoms with Gasteiger partial charge in [0.2, 0.25) is 5.91 Å². The van der Waals surface area contributed by atoms with Crippen LogP contribution in [0.4, 0.5) is 17.1 Å². The van der Waals surface area contributed by atoms with Gasteiger partial charge in [0.25, 0.3) is 5.69 Å². The Bertz CT molecular complexity index is 900. The van der Waals surface area contributed by atoms with Gasteiger partial charge < -0.3 is 15.0 Å². The summed E-state index contributed by atoms with van der Waals surface area (Å²) in [6.45, 7) is 4.81. The number of nitro benzene ring substituents is 1. The highest BCUT2D eigenvalue weighted by Crippen LogP contribution is 2.29. The summed E-state index contributed by atoms with van der Waals surface area (Å²) in [5, 5.41) is 14.5. The topological polar surface area (TPSA) is 87.9 Å². The molecule has 1 heterocycles. The molecule has 2 aromatic rings. The van der Waals surface area contributed by atoms with Crippen molar-refractivity contribution in [3.8, 4) is 5.75 Å². The molecule has 1 amide bonds. The summed E-state index contributed by atoms with van der Waals surface area (Å²) >= 11 is 6.07. The van der Waals surface area contributed by atoms with Crippen LogP contribution >= 0.6 is 11.6 Å². The first-order valence-corrected chi connectivity index (χ1v) is 9.64. The van der Waals surface area contributed by atoms with Gasteiger partial charge in [0.1, 0.15) is 5.75 Å². The van der Waals surface area contributed by atoms with E-state index in [0.29, 0.717) is 23.9 Å². The van der Waals surface area contributed by atoms with Crippen molar-refractivity contribution in [1.29, 1.82) is 0 Å². The predicted octanol–water partition coefficient (Wildman–Crippen LogP) is 3.41. The molecule has 2 aromatic carbocycles. The number of amides is 1. The number of hydrogen-bond donors (Lipinski definition) is 1. The highest BCUT2D eigenvalue weighted by atomic mass is 35.5. The highest BCUT2D eigenvalue weighted by Gasteiger charge is 2.26. The van der Waals surface area contributed by atoms with Gasteiger partial charge in [-0.2, -0.15) is 0 Å². The van der Waals surface area contributed by atoms with Crippen molar-refractivity contribution in [3.05, 3.63) is 57.6 Å². The maximum atomic E-state index is 12.7. The number of halogens is 1. The van der Waals surface area contributed by atoms with E-state index in [1.54, 1.807) is 0 Å². The van der Waals surface area contributed by atoms with Crippen molar-refractivity contribution in [1.82, 2.24) is 4.90 Å². The molecule has 0 bridgehead atoms. The van der Waals surface area contributed by atoms with Gasteiger partial charge in [-0.15, -0.1) is 0 Å². The molecule has 8 nitrogen and oxygen atoms in total. The molecule has 1 fully saturated rings. The van der Waals surface area contributed by atoms with Crippen molar-refractivity contribution >= 4 is 34.6 Å². The fraction of sp³-hybridized carbons (Fsp3) is 0.350. The van der Waals surface area contributed by atoms with Gasteiger partial charge in [0.05, 0.1) is 23.8 Å². The summed E-state index contributed by atoms with van der Waals surface area (Å²) in [4.78, 5) is 27.6. The van der Waals surface area contributed by atoms with E-state index < -0.39 is 4.92 Å². The number of nitro groups is 1. The van der Waals surface area contributed by atoms with E-state index in [2.05, 4.69) is 15.1 Å². The summed E-state index contributed by atoms with van der Waals surface area (Å²) in [5.41, 5.74) is 1.25. The number of piperazine rings is 1. The Kier molecular flexibility index (Phi) is 6.56. The number of rotatable bonds is 6. The zero-order valence-corrected chi connectivity index (χ0v) is 17.1. The molecule has 3 rings (SSSR count).